The summed E-state index contributed by atoms with van der Waals surface area (Å²) < 4.78 is 11.9. The van der Waals surface area contributed by atoms with Crippen LogP contribution < -0.4 is 25.7 Å². The van der Waals surface area contributed by atoms with Gasteiger partial charge in [-0.1, -0.05) is 6.07 Å². The molecule has 1 aliphatic carbocycles. The minimum atomic E-state index is -0.263. The number of benzene rings is 2. The Morgan fingerprint density at radius 2 is 1.94 bits per heavy atom. The minimum absolute atomic E-state index is 0.263. The second-order valence-corrected chi connectivity index (χ2v) is 8.19. The maximum atomic E-state index is 11.8. The molecule has 0 saturated heterocycles. The number of ether oxygens (including phenoxy) is 2. The van der Waals surface area contributed by atoms with Gasteiger partial charge in [0.2, 0.25) is 6.41 Å². The molecule has 2 aromatic heterocycles. The van der Waals surface area contributed by atoms with Crippen LogP contribution in [0.3, 0.4) is 0 Å². The van der Waals surface area contributed by atoms with Gasteiger partial charge in [-0.3, -0.25) is 14.7 Å². The molecule has 0 aliphatic heterocycles. The first-order valence-corrected chi connectivity index (χ1v) is 10.8. The molecular weight excluding hydrogens is 436 g/mol. The SMILES string of the molecule is COc1ccc(NC=O)c(C2CC2c2ccc3c(Nc4nn(C)c(=O)cc4OC)n[nH]c3c2)c1. The lowest BCUT2D eigenvalue weighted by Gasteiger charge is -2.11. The molecule has 3 N–H and O–H groups in total. The summed E-state index contributed by atoms with van der Waals surface area (Å²) in [4.78, 5) is 22.9. The summed E-state index contributed by atoms with van der Waals surface area (Å²) in [6, 6.07) is 13.3. The van der Waals surface area contributed by atoms with Crippen molar-refractivity contribution in [2.75, 3.05) is 24.9 Å². The Bertz CT molecular complexity index is 1440. The van der Waals surface area contributed by atoms with Gasteiger partial charge in [0.15, 0.2) is 17.4 Å². The van der Waals surface area contributed by atoms with Crippen LogP contribution in [0.25, 0.3) is 10.9 Å². The van der Waals surface area contributed by atoms with E-state index in [9.17, 15) is 9.59 Å². The van der Waals surface area contributed by atoms with Gasteiger partial charge in [-0.2, -0.15) is 5.10 Å². The average Bonchev–Trinajstić information content (AvgIpc) is 3.55. The van der Waals surface area contributed by atoms with Crippen LogP contribution in [0.5, 0.6) is 11.5 Å². The summed E-state index contributed by atoms with van der Waals surface area (Å²) >= 11 is 0. The van der Waals surface area contributed by atoms with Gasteiger partial charge in [0, 0.05) is 18.1 Å². The summed E-state index contributed by atoms with van der Waals surface area (Å²) in [5, 5.41) is 18.5. The number of aryl methyl sites for hydroxylation is 1. The molecule has 1 aliphatic rings. The highest BCUT2D eigenvalue weighted by atomic mass is 16.5. The van der Waals surface area contributed by atoms with Crippen LogP contribution in [0.1, 0.15) is 29.4 Å². The van der Waals surface area contributed by atoms with E-state index in [0.717, 1.165) is 34.3 Å². The highest BCUT2D eigenvalue weighted by Crippen LogP contribution is 2.57. The number of aromatic amines is 1. The molecule has 2 atom stereocenters. The lowest BCUT2D eigenvalue weighted by Crippen LogP contribution is -2.20. The highest BCUT2D eigenvalue weighted by molar-refractivity contribution is 5.92. The van der Waals surface area contributed by atoms with Crippen molar-refractivity contribution in [2.24, 2.45) is 7.05 Å². The first-order valence-electron chi connectivity index (χ1n) is 10.8. The Morgan fingerprint density at radius 3 is 2.71 bits per heavy atom. The predicted octanol–water partition coefficient (Wildman–Crippen LogP) is 3.26. The monoisotopic (exact) mass is 460 g/mol. The van der Waals surface area contributed by atoms with Crippen LogP contribution >= 0.6 is 0 Å². The Kier molecular flexibility index (Phi) is 5.40. The number of hydrogen-bond acceptors (Lipinski definition) is 7. The van der Waals surface area contributed by atoms with Gasteiger partial charge in [0.25, 0.3) is 5.56 Å². The first kappa shape index (κ1) is 21.5. The van der Waals surface area contributed by atoms with Gasteiger partial charge in [0.05, 0.1) is 25.8 Å². The molecule has 1 saturated carbocycles. The summed E-state index contributed by atoms with van der Waals surface area (Å²) in [6.07, 6.45) is 1.67. The van der Waals surface area contributed by atoms with E-state index < -0.39 is 0 Å². The van der Waals surface area contributed by atoms with Gasteiger partial charge >= 0.3 is 0 Å². The smallest absolute Gasteiger partial charge is 0.270 e. The van der Waals surface area contributed by atoms with E-state index in [4.69, 9.17) is 9.47 Å². The van der Waals surface area contributed by atoms with E-state index in [1.54, 1.807) is 14.2 Å². The maximum Gasteiger partial charge on any atom is 0.270 e. The van der Waals surface area contributed by atoms with Crippen LogP contribution in [0.2, 0.25) is 0 Å². The minimum Gasteiger partial charge on any atom is -0.497 e. The lowest BCUT2D eigenvalue weighted by atomic mass is 10.0. The summed E-state index contributed by atoms with van der Waals surface area (Å²) in [5.74, 6) is 2.71. The number of carbonyl (C=O) groups excluding carboxylic acids is 1. The number of aromatic nitrogens is 4. The van der Waals surface area contributed by atoms with Crippen molar-refractivity contribution in [1.29, 1.82) is 0 Å². The number of H-pyrrole nitrogens is 1. The summed E-state index contributed by atoms with van der Waals surface area (Å²) in [5.41, 5.74) is 3.67. The highest BCUT2D eigenvalue weighted by Gasteiger charge is 2.41. The van der Waals surface area contributed by atoms with Crippen molar-refractivity contribution < 1.29 is 14.3 Å². The van der Waals surface area contributed by atoms with Crippen molar-refractivity contribution in [3.05, 3.63) is 63.9 Å². The van der Waals surface area contributed by atoms with Crippen LogP contribution in [-0.4, -0.2) is 40.6 Å². The molecule has 0 bridgehead atoms. The second kappa shape index (κ2) is 8.54. The normalized spacial score (nSPS) is 16.8. The van der Waals surface area contributed by atoms with E-state index >= 15 is 0 Å². The quantitative estimate of drug-likeness (QED) is 0.345. The fourth-order valence-electron chi connectivity index (χ4n) is 4.32. The molecule has 0 radical (unpaired) electrons. The van der Waals surface area contributed by atoms with Gasteiger partial charge in [-0.05, 0) is 59.7 Å². The number of nitrogens with zero attached hydrogens (tertiary/aromatic N) is 3. The van der Waals surface area contributed by atoms with Crippen LogP contribution in [-0.2, 0) is 11.8 Å². The molecule has 2 unspecified atom stereocenters. The van der Waals surface area contributed by atoms with E-state index in [0.29, 0.717) is 29.7 Å². The number of methoxy groups -OCH3 is 2. The first-order chi connectivity index (χ1) is 16.5. The molecule has 2 aromatic carbocycles. The topological polar surface area (TPSA) is 123 Å². The standard InChI is InChI=1S/C24H24N6O4/c1-30-22(32)11-21(34-3)24(29-30)26-23-15-6-4-13(8-20(15)27-28-23)16-10-17(16)18-9-14(33-2)5-7-19(18)25-12-31/h4-9,11-12,16-17H,10H2,1-3H3,(H,25,31)(H2,26,27,28,29). The molecule has 174 valence electrons. The van der Waals surface area contributed by atoms with E-state index in [1.807, 2.05) is 24.3 Å². The van der Waals surface area contributed by atoms with Gasteiger partial charge in [-0.25, -0.2) is 4.68 Å². The Labute approximate surface area is 194 Å². The third-order valence-electron chi connectivity index (χ3n) is 6.19. The molecule has 1 fully saturated rings. The molecule has 34 heavy (non-hydrogen) atoms. The number of hydrogen-bond donors (Lipinski definition) is 3. The molecule has 2 heterocycles. The Balaban J connectivity index is 1.41. The van der Waals surface area contributed by atoms with Crippen molar-refractivity contribution in [3.63, 3.8) is 0 Å². The maximum absolute atomic E-state index is 11.8. The number of nitrogens with one attached hydrogen (secondary N) is 3. The average molecular weight is 460 g/mol. The van der Waals surface area contributed by atoms with Crippen molar-refractivity contribution in [2.45, 2.75) is 18.3 Å². The molecule has 0 spiro atoms. The zero-order chi connectivity index (χ0) is 23.8. The van der Waals surface area contributed by atoms with Crippen molar-refractivity contribution in [3.8, 4) is 11.5 Å². The molecule has 5 rings (SSSR count). The predicted molar refractivity (Wildman–Crippen MR) is 128 cm³/mol. The third kappa shape index (κ3) is 3.83. The number of carbonyl (C=O) groups is 1. The van der Waals surface area contributed by atoms with Gasteiger partial charge in [0.1, 0.15) is 5.75 Å². The van der Waals surface area contributed by atoms with E-state index in [1.165, 1.54) is 23.4 Å². The van der Waals surface area contributed by atoms with E-state index in [2.05, 4.69) is 38.1 Å². The van der Waals surface area contributed by atoms with Crippen LogP contribution in [0.4, 0.5) is 17.3 Å². The second-order valence-electron chi connectivity index (χ2n) is 8.19. The van der Waals surface area contributed by atoms with E-state index in [-0.39, 0.29) is 11.5 Å². The zero-order valence-electron chi connectivity index (χ0n) is 19.0. The molecule has 10 nitrogen and oxygen atoms in total. The number of amides is 1. The summed E-state index contributed by atoms with van der Waals surface area (Å²) in [7, 11) is 4.70. The number of fused-ring (bicyclic) bond motifs is 1. The Morgan fingerprint density at radius 1 is 1.09 bits per heavy atom. The van der Waals surface area contributed by atoms with Crippen molar-refractivity contribution >= 4 is 34.6 Å². The molecule has 10 heteroatoms. The fourth-order valence-corrected chi connectivity index (χ4v) is 4.32. The number of anilines is 3. The zero-order valence-corrected chi connectivity index (χ0v) is 19.0. The summed E-state index contributed by atoms with van der Waals surface area (Å²) in [6.45, 7) is 0. The molecule has 4 aromatic rings. The third-order valence-corrected chi connectivity index (χ3v) is 6.19. The van der Waals surface area contributed by atoms with Crippen molar-refractivity contribution in [1.82, 2.24) is 20.0 Å². The molecular formula is C24H24N6O4. The fraction of sp³-hybridized carbons (Fsp3) is 0.250. The largest absolute Gasteiger partial charge is 0.497 e. The van der Waals surface area contributed by atoms with Gasteiger partial charge < -0.3 is 20.1 Å². The van der Waals surface area contributed by atoms with Gasteiger partial charge in [-0.15, -0.1) is 5.10 Å². The number of rotatable bonds is 8. The molecule has 1 amide bonds. The Hall–Kier alpha value is -4.34. The van der Waals surface area contributed by atoms with Crippen LogP contribution in [0, 0.1) is 0 Å². The van der Waals surface area contributed by atoms with Crippen LogP contribution in [0.15, 0.2) is 47.3 Å². The lowest BCUT2D eigenvalue weighted by molar-refractivity contribution is -0.105.